The molecule has 0 unspecified atom stereocenters. The first kappa shape index (κ1) is 2.06. The molecule has 3 aliphatic carbocycles. The Bertz CT molecular complexity index is 164. The Morgan fingerprint density at radius 2 is 2.14 bits per heavy atom. The monoisotopic (exact) mass is 100 g/mol. The Morgan fingerprint density at radius 1 is 1.57 bits per heavy atom. The number of hydrogen-bond donors (Lipinski definition) is 1. The van der Waals surface area contributed by atoms with Gasteiger partial charge in [0.1, 0.15) is 0 Å². The van der Waals surface area contributed by atoms with Gasteiger partial charge in [0, 0.05) is 9.65 Å². The molecule has 3 saturated carbocycles. The molecule has 0 heterocycles. The highest BCUT2D eigenvalue weighted by Crippen LogP contribution is 2.65. The van der Waals surface area contributed by atoms with Gasteiger partial charge in [-0.2, -0.15) is 0 Å². The fourth-order valence-electron chi connectivity index (χ4n) is 1.87. The number of rotatable bonds is 0. The van der Waals surface area contributed by atoms with Crippen LogP contribution in [-0.4, -0.2) is 5.54 Å². The standard InChI is InChI=1S/C6H11N/c1-5-2-6(7,3-5)4-5/h2-4,7H2,1H3/i1D3. The van der Waals surface area contributed by atoms with E-state index in [0.717, 1.165) is 19.3 Å². The van der Waals surface area contributed by atoms with Crippen LogP contribution < -0.4 is 5.73 Å². The van der Waals surface area contributed by atoms with Crippen LogP contribution in [0.15, 0.2) is 0 Å². The van der Waals surface area contributed by atoms with Gasteiger partial charge in [-0.3, -0.25) is 0 Å². The summed E-state index contributed by atoms with van der Waals surface area (Å²) in [5, 5.41) is 0. The molecule has 0 spiro atoms. The molecular weight excluding hydrogens is 86.1 g/mol. The Hall–Kier alpha value is -0.0400. The van der Waals surface area contributed by atoms with Crippen molar-refractivity contribution >= 4 is 0 Å². The van der Waals surface area contributed by atoms with Crippen molar-refractivity contribution in [3.05, 3.63) is 0 Å². The lowest BCUT2D eigenvalue weighted by Gasteiger charge is -2.67. The summed E-state index contributed by atoms with van der Waals surface area (Å²) in [5.41, 5.74) is 5.28. The summed E-state index contributed by atoms with van der Waals surface area (Å²) in [7, 11) is 0. The third-order valence-electron chi connectivity index (χ3n) is 2.07. The largest absolute Gasteiger partial charge is 0.325 e. The maximum Gasteiger partial charge on any atom is 0.0236 e. The van der Waals surface area contributed by atoms with Gasteiger partial charge in [-0.1, -0.05) is 6.85 Å². The average Bonchev–Trinajstić information content (AvgIpc) is 1.51. The van der Waals surface area contributed by atoms with Crippen molar-refractivity contribution in [1.29, 1.82) is 0 Å². The fraction of sp³-hybridized carbons (Fsp3) is 1.00. The molecule has 3 aliphatic rings. The Morgan fingerprint density at radius 3 is 2.29 bits per heavy atom. The van der Waals surface area contributed by atoms with E-state index in [1.807, 2.05) is 0 Å². The zero-order valence-electron chi connectivity index (χ0n) is 7.20. The molecule has 0 aromatic rings. The minimum Gasteiger partial charge on any atom is -0.325 e. The van der Waals surface area contributed by atoms with Gasteiger partial charge in [0.05, 0.1) is 0 Å². The van der Waals surface area contributed by atoms with Gasteiger partial charge in [-0.15, -0.1) is 0 Å². The van der Waals surface area contributed by atoms with Gasteiger partial charge in [0.25, 0.3) is 0 Å². The third kappa shape index (κ3) is 0.290. The van der Waals surface area contributed by atoms with Gasteiger partial charge < -0.3 is 5.73 Å². The van der Waals surface area contributed by atoms with Gasteiger partial charge in [-0.05, 0) is 24.7 Å². The second-order valence-electron chi connectivity index (χ2n) is 3.17. The molecule has 0 atom stereocenters. The second kappa shape index (κ2) is 0.655. The van der Waals surface area contributed by atoms with E-state index >= 15 is 0 Å². The summed E-state index contributed by atoms with van der Waals surface area (Å²) in [5.74, 6) is 0. The first-order valence-electron chi connectivity index (χ1n) is 4.16. The quantitative estimate of drug-likeness (QED) is 0.480. The highest BCUT2D eigenvalue weighted by Gasteiger charge is 2.62. The summed E-state index contributed by atoms with van der Waals surface area (Å²) in [6.07, 6.45) is 2.16. The topological polar surface area (TPSA) is 26.0 Å². The van der Waals surface area contributed by atoms with E-state index < -0.39 is 6.85 Å². The molecule has 2 N–H and O–H groups in total. The van der Waals surface area contributed by atoms with E-state index in [2.05, 4.69) is 0 Å². The van der Waals surface area contributed by atoms with E-state index in [-0.39, 0.29) is 11.0 Å². The summed E-state index contributed by atoms with van der Waals surface area (Å²) >= 11 is 0. The molecule has 1 nitrogen and oxygen atoms in total. The van der Waals surface area contributed by atoms with Crippen molar-refractivity contribution in [2.45, 2.75) is 31.7 Å². The van der Waals surface area contributed by atoms with Crippen LogP contribution in [0.4, 0.5) is 0 Å². The van der Waals surface area contributed by atoms with Gasteiger partial charge in [0.2, 0.25) is 0 Å². The Kier molecular flexibility index (Phi) is 0.193. The van der Waals surface area contributed by atoms with Crippen molar-refractivity contribution in [3.8, 4) is 0 Å². The van der Waals surface area contributed by atoms with Crippen molar-refractivity contribution in [1.82, 2.24) is 0 Å². The molecule has 0 amide bonds. The second-order valence-corrected chi connectivity index (χ2v) is 3.17. The van der Waals surface area contributed by atoms with Crippen LogP contribution in [0.2, 0.25) is 0 Å². The lowest BCUT2D eigenvalue weighted by molar-refractivity contribution is -0.115. The zero-order chi connectivity index (χ0) is 7.62. The van der Waals surface area contributed by atoms with Gasteiger partial charge in [0.15, 0.2) is 0 Å². The molecule has 0 aromatic carbocycles. The molecule has 7 heavy (non-hydrogen) atoms. The van der Waals surface area contributed by atoms with Crippen LogP contribution in [-0.2, 0) is 0 Å². The molecule has 3 rings (SSSR count). The van der Waals surface area contributed by atoms with Gasteiger partial charge in [-0.25, -0.2) is 0 Å². The molecule has 0 saturated heterocycles. The van der Waals surface area contributed by atoms with Crippen LogP contribution in [0.3, 0.4) is 0 Å². The highest BCUT2D eigenvalue weighted by atomic mass is 14.9. The average molecular weight is 100 g/mol. The lowest BCUT2D eigenvalue weighted by atomic mass is 9.41. The highest BCUT2D eigenvalue weighted by molar-refractivity contribution is 5.19. The molecule has 3 fully saturated rings. The van der Waals surface area contributed by atoms with Gasteiger partial charge >= 0.3 is 0 Å². The lowest BCUT2D eigenvalue weighted by Crippen LogP contribution is -2.70. The fourth-order valence-corrected chi connectivity index (χ4v) is 1.87. The smallest absolute Gasteiger partial charge is 0.0236 e. The molecule has 1 heteroatoms. The predicted octanol–water partition coefficient (Wildman–Crippen LogP) is 0.888. The number of hydrogen-bond acceptors (Lipinski definition) is 1. The maximum atomic E-state index is 7.19. The molecule has 0 aliphatic heterocycles. The normalized spacial score (nSPS) is 74.1. The van der Waals surface area contributed by atoms with E-state index in [1.54, 1.807) is 0 Å². The molecule has 0 aromatic heterocycles. The number of nitrogens with two attached hydrogens (primary N) is 1. The first-order chi connectivity index (χ1) is 4.37. The van der Waals surface area contributed by atoms with E-state index in [4.69, 9.17) is 9.85 Å². The maximum absolute atomic E-state index is 7.19. The minimum atomic E-state index is -1.76. The van der Waals surface area contributed by atoms with E-state index in [1.165, 1.54) is 0 Å². The molecule has 0 radical (unpaired) electrons. The molecular formula is C6H11N. The van der Waals surface area contributed by atoms with Crippen LogP contribution in [0.25, 0.3) is 0 Å². The van der Waals surface area contributed by atoms with Crippen molar-refractivity contribution < 1.29 is 4.11 Å². The summed E-state index contributed by atoms with van der Waals surface area (Å²) < 4.78 is 21.6. The molecule has 40 valence electrons. The van der Waals surface area contributed by atoms with Crippen LogP contribution >= 0.6 is 0 Å². The summed E-state index contributed by atoms with van der Waals surface area (Å²) in [6, 6.07) is 0. The first-order valence-corrected chi connectivity index (χ1v) is 2.66. The summed E-state index contributed by atoms with van der Waals surface area (Å²) in [4.78, 5) is 0. The van der Waals surface area contributed by atoms with Crippen molar-refractivity contribution in [2.24, 2.45) is 11.1 Å². The zero-order valence-corrected chi connectivity index (χ0v) is 4.20. The molecule has 2 bridgehead atoms. The van der Waals surface area contributed by atoms with Crippen LogP contribution in [0.1, 0.15) is 30.2 Å². The third-order valence-corrected chi connectivity index (χ3v) is 2.07. The van der Waals surface area contributed by atoms with E-state index in [9.17, 15) is 0 Å². The van der Waals surface area contributed by atoms with Crippen molar-refractivity contribution in [3.63, 3.8) is 0 Å². The van der Waals surface area contributed by atoms with E-state index in [0.29, 0.717) is 0 Å². The van der Waals surface area contributed by atoms with Crippen LogP contribution in [0.5, 0.6) is 0 Å². The SMILES string of the molecule is [2H]C([2H])([2H])C12CC(N)(C1)C2. The minimum absolute atomic E-state index is 0.0750. The summed E-state index contributed by atoms with van der Waals surface area (Å²) in [6.45, 7) is -1.76. The van der Waals surface area contributed by atoms with Crippen molar-refractivity contribution in [2.75, 3.05) is 0 Å². The Balaban J connectivity index is 2.11. The predicted molar refractivity (Wildman–Crippen MR) is 28.9 cm³/mol. The van der Waals surface area contributed by atoms with Crippen LogP contribution in [0, 0.1) is 5.41 Å². The Labute approximate surface area is 48.1 Å².